The van der Waals surface area contributed by atoms with E-state index in [-0.39, 0.29) is 17.8 Å². The lowest BCUT2D eigenvalue weighted by Crippen LogP contribution is -2.22. The van der Waals surface area contributed by atoms with E-state index in [0.29, 0.717) is 35.9 Å². The van der Waals surface area contributed by atoms with E-state index < -0.39 is 10.0 Å². The first-order chi connectivity index (χ1) is 18.9. The van der Waals surface area contributed by atoms with E-state index >= 15 is 0 Å². The maximum Gasteiger partial charge on any atom is 0.256 e. The second-order valence-corrected chi connectivity index (χ2v) is 11.8. The van der Waals surface area contributed by atoms with Crippen molar-refractivity contribution in [2.24, 2.45) is 13.0 Å². The Balaban J connectivity index is 1.27. The maximum absolute atomic E-state index is 12.5. The van der Waals surface area contributed by atoms with Gasteiger partial charge in [-0.1, -0.05) is 11.8 Å². The summed E-state index contributed by atoms with van der Waals surface area (Å²) >= 11 is 0. The maximum atomic E-state index is 12.5. The molecule has 0 aromatic carbocycles. The van der Waals surface area contributed by atoms with Crippen LogP contribution >= 0.6 is 0 Å². The van der Waals surface area contributed by atoms with Crippen molar-refractivity contribution in [3.63, 3.8) is 0 Å². The summed E-state index contributed by atoms with van der Waals surface area (Å²) in [6.07, 6.45) is 12.0. The summed E-state index contributed by atoms with van der Waals surface area (Å²) in [5, 5.41) is 20.7. The van der Waals surface area contributed by atoms with Gasteiger partial charge in [-0.05, 0) is 25.3 Å². The highest BCUT2D eigenvalue weighted by atomic mass is 32.2. The third-order valence-corrected chi connectivity index (χ3v) is 8.78. The normalized spacial score (nSPS) is 17.2. The molecule has 2 fully saturated rings. The number of hydrogen-bond acceptors (Lipinski definition) is 10. The van der Waals surface area contributed by atoms with Crippen LogP contribution in [0.15, 0.2) is 49.3 Å². The van der Waals surface area contributed by atoms with E-state index in [4.69, 9.17) is 0 Å². The van der Waals surface area contributed by atoms with E-state index in [0.717, 1.165) is 40.4 Å². The average Bonchev–Trinajstić information content (AvgIpc) is 3.31. The zero-order valence-corrected chi connectivity index (χ0v) is 22.1. The Labute approximate surface area is 225 Å². The number of aromatic nitrogens is 7. The third-order valence-electron chi connectivity index (χ3n) is 6.75. The molecule has 1 aliphatic heterocycles. The van der Waals surface area contributed by atoms with E-state index in [1.807, 2.05) is 19.3 Å². The Morgan fingerprint density at radius 1 is 1.08 bits per heavy atom. The molecule has 12 nitrogen and oxygen atoms in total. The van der Waals surface area contributed by atoms with Gasteiger partial charge in [0.05, 0.1) is 46.2 Å². The molecule has 2 N–H and O–H groups in total. The minimum absolute atomic E-state index is 0.144. The van der Waals surface area contributed by atoms with Crippen molar-refractivity contribution in [2.75, 3.05) is 29.9 Å². The highest BCUT2D eigenvalue weighted by Gasteiger charge is 2.37. The first-order valence-electron chi connectivity index (χ1n) is 12.6. The largest absolute Gasteiger partial charge is 0.396 e. The highest BCUT2D eigenvalue weighted by Crippen LogP contribution is 2.31. The zero-order chi connectivity index (χ0) is 27.0. The molecule has 0 amide bonds. The van der Waals surface area contributed by atoms with Gasteiger partial charge >= 0.3 is 0 Å². The van der Waals surface area contributed by atoms with Crippen molar-refractivity contribution in [3.8, 4) is 23.2 Å². The van der Waals surface area contributed by atoms with Gasteiger partial charge in [0.2, 0.25) is 0 Å². The number of hydrogen-bond donors (Lipinski definition) is 2. The Kier molecular flexibility index (Phi) is 6.49. The minimum Gasteiger partial charge on any atom is -0.396 e. The molecule has 4 aromatic rings. The van der Waals surface area contributed by atoms with Crippen LogP contribution in [0.5, 0.6) is 0 Å². The van der Waals surface area contributed by atoms with Gasteiger partial charge in [-0.3, -0.25) is 4.68 Å². The molecule has 0 radical (unpaired) electrons. The van der Waals surface area contributed by atoms with Gasteiger partial charge in [-0.15, -0.1) is 0 Å². The number of nitrogens with zero attached hydrogens (tertiary/aromatic N) is 8. The topological polar surface area (TPSA) is 144 Å². The fourth-order valence-corrected chi connectivity index (χ4v) is 5.95. The van der Waals surface area contributed by atoms with Crippen LogP contribution in [-0.2, 0) is 17.1 Å². The zero-order valence-electron chi connectivity index (χ0n) is 21.3. The number of pyridine rings is 1. The number of nitrogens with one attached hydrogen (secondary N) is 1. The summed E-state index contributed by atoms with van der Waals surface area (Å²) in [7, 11) is -1.62. The van der Waals surface area contributed by atoms with Crippen LogP contribution in [0.1, 0.15) is 30.4 Å². The van der Waals surface area contributed by atoms with Crippen LogP contribution in [0.2, 0.25) is 0 Å². The molecule has 0 bridgehead atoms. The minimum atomic E-state index is -3.47. The van der Waals surface area contributed by atoms with Crippen LogP contribution in [0.3, 0.4) is 0 Å². The molecular formula is C26H27N9O3S. The predicted molar refractivity (Wildman–Crippen MR) is 145 cm³/mol. The molecule has 2 aliphatic rings. The fourth-order valence-electron chi connectivity index (χ4n) is 4.47. The van der Waals surface area contributed by atoms with Crippen molar-refractivity contribution in [1.82, 2.24) is 33.9 Å². The van der Waals surface area contributed by atoms with E-state index in [9.17, 15) is 13.5 Å². The van der Waals surface area contributed by atoms with Crippen molar-refractivity contribution >= 4 is 27.3 Å². The second kappa shape index (κ2) is 10.1. The fraction of sp³-hybridized carbons (Fsp3) is 0.346. The first-order valence-corrected chi connectivity index (χ1v) is 14.2. The number of aryl methyl sites for hydroxylation is 1. The van der Waals surface area contributed by atoms with Gasteiger partial charge in [0, 0.05) is 57.3 Å². The summed E-state index contributed by atoms with van der Waals surface area (Å²) in [4.78, 5) is 15.6. The molecule has 1 saturated heterocycles. The summed E-state index contributed by atoms with van der Waals surface area (Å²) in [5.74, 6) is 8.00. The van der Waals surface area contributed by atoms with E-state index in [2.05, 4.69) is 47.2 Å². The standard InChI is InChI=1S/C26H27N9O3S/c1-33-14-18(11-29-33)2-3-20-12-28-25(10-23(20)34-9-7-19(15-34)17-36)31-24-6-8-27-26(32-24)21-13-30-35(16-21)39(37,38)22-4-5-22/h6,8,10-14,16,19,22,36H,4-5,7,9,15,17H2,1H3,(H,27,28,31,32). The first kappa shape index (κ1) is 25.0. The molecule has 39 heavy (non-hydrogen) atoms. The van der Waals surface area contributed by atoms with Crippen molar-refractivity contribution in [3.05, 3.63) is 60.4 Å². The number of rotatable bonds is 7. The molecule has 1 atom stereocenters. The van der Waals surface area contributed by atoms with Gasteiger partial charge in [0.15, 0.2) is 5.82 Å². The molecule has 0 spiro atoms. The molecule has 200 valence electrons. The molecule has 6 rings (SSSR count). The summed E-state index contributed by atoms with van der Waals surface area (Å²) in [6, 6.07) is 3.64. The lowest BCUT2D eigenvalue weighted by Gasteiger charge is -2.21. The van der Waals surface area contributed by atoms with Crippen LogP contribution in [0.4, 0.5) is 17.3 Å². The lowest BCUT2D eigenvalue weighted by molar-refractivity contribution is 0.238. The summed E-state index contributed by atoms with van der Waals surface area (Å²) in [5.41, 5.74) is 3.00. The van der Waals surface area contributed by atoms with Gasteiger partial charge in [0.1, 0.15) is 11.6 Å². The van der Waals surface area contributed by atoms with Crippen molar-refractivity contribution in [1.29, 1.82) is 0 Å². The monoisotopic (exact) mass is 545 g/mol. The third kappa shape index (κ3) is 5.34. The Bertz CT molecular complexity index is 1680. The molecule has 1 aliphatic carbocycles. The second-order valence-electron chi connectivity index (χ2n) is 9.76. The van der Waals surface area contributed by atoms with Crippen LogP contribution in [0, 0.1) is 17.8 Å². The van der Waals surface area contributed by atoms with Gasteiger partial charge in [-0.25, -0.2) is 23.4 Å². The smallest absolute Gasteiger partial charge is 0.256 e. The molecule has 1 unspecified atom stereocenters. The average molecular weight is 546 g/mol. The number of aliphatic hydroxyl groups is 1. The molecule has 1 saturated carbocycles. The van der Waals surface area contributed by atoms with E-state index in [1.54, 1.807) is 29.3 Å². The number of aliphatic hydroxyl groups excluding tert-OH is 1. The Hall–Kier alpha value is -4.28. The molecular weight excluding hydrogens is 518 g/mol. The predicted octanol–water partition coefficient (Wildman–Crippen LogP) is 1.77. The van der Waals surface area contributed by atoms with Gasteiger partial charge in [-0.2, -0.15) is 14.3 Å². The lowest BCUT2D eigenvalue weighted by atomic mass is 10.1. The SMILES string of the molecule is Cn1cc(C#Cc2cnc(Nc3ccnc(-c4cnn(S(=O)(=O)C5CC5)c4)n3)cc2N2CCC(CO)C2)cn1. The molecule has 13 heteroatoms. The summed E-state index contributed by atoms with van der Waals surface area (Å²) < 4.78 is 27.7. The quantitative estimate of drug-likeness (QED) is 0.330. The van der Waals surface area contributed by atoms with Crippen LogP contribution in [0.25, 0.3) is 11.4 Å². The Morgan fingerprint density at radius 3 is 2.69 bits per heavy atom. The van der Waals surface area contributed by atoms with Gasteiger partial charge < -0.3 is 15.3 Å². The Morgan fingerprint density at radius 2 is 1.95 bits per heavy atom. The van der Waals surface area contributed by atoms with Crippen LogP contribution in [-0.4, -0.2) is 72.4 Å². The van der Waals surface area contributed by atoms with Crippen molar-refractivity contribution < 1.29 is 13.5 Å². The van der Waals surface area contributed by atoms with Crippen molar-refractivity contribution in [2.45, 2.75) is 24.5 Å². The molecule has 5 heterocycles. The van der Waals surface area contributed by atoms with Gasteiger partial charge in [0.25, 0.3) is 10.0 Å². The van der Waals surface area contributed by atoms with Crippen LogP contribution < -0.4 is 10.2 Å². The summed E-state index contributed by atoms with van der Waals surface area (Å²) in [6.45, 7) is 1.68. The van der Waals surface area contributed by atoms with E-state index in [1.165, 1.54) is 12.4 Å². The highest BCUT2D eigenvalue weighted by molar-refractivity contribution is 7.90. The molecule has 4 aromatic heterocycles. The number of anilines is 3.